The molecule has 0 heterocycles. The maximum Gasteiger partial charge on any atom is 0.0627 e. The molecule has 0 aliphatic heterocycles. The SMILES string of the molecule is C=CC(/C=C\C)=C(N)\C(N)=C(C=C)\C=C/CC. The van der Waals surface area contributed by atoms with Crippen LogP contribution >= 0.6 is 0 Å². The second kappa shape index (κ2) is 8.22. The number of hydrogen-bond donors (Lipinski definition) is 2. The lowest BCUT2D eigenvalue weighted by atomic mass is 10.1. The zero-order chi connectivity index (χ0) is 13.3. The van der Waals surface area contributed by atoms with E-state index in [0.717, 1.165) is 17.6 Å². The second-order valence-electron chi connectivity index (χ2n) is 3.46. The predicted octanol–water partition coefficient (Wildman–Crippen LogP) is 3.33. The molecule has 0 aromatic heterocycles. The Balaban J connectivity index is 5.57. The minimum absolute atomic E-state index is 0.522. The van der Waals surface area contributed by atoms with Crippen molar-refractivity contribution in [3.05, 3.63) is 72.2 Å². The molecule has 0 aliphatic carbocycles. The molecule has 0 unspecified atom stereocenters. The predicted molar refractivity (Wildman–Crippen MR) is 77.1 cm³/mol. The molecule has 0 bridgehead atoms. The molecule has 0 saturated heterocycles. The van der Waals surface area contributed by atoms with Crippen LogP contribution in [0.4, 0.5) is 0 Å². The molecule has 0 atom stereocenters. The van der Waals surface area contributed by atoms with Gasteiger partial charge in [0.1, 0.15) is 0 Å². The first-order valence-corrected chi connectivity index (χ1v) is 5.66. The van der Waals surface area contributed by atoms with Gasteiger partial charge in [0.25, 0.3) is 0 Å². The fourth-order valence-electron chi connectivity index (χ4n) is 1.27. The van der Waals surface area contributed by atoms with E-state index in [1.54, 1.807) is 12.2 Å². The van der Waals surface area contributed by atoms with E-state index in [1.165, 1.54) is 0 Å². The van der Waals surface area contributed by atoms with E-state index in [9.17, 15) is 0 Å². The first kappa shape index (κ1) is 15.0. The van der Waals surface area contributed by atoms with Crippen LogP contribution in [0.15, 0.2) is 72.2 Å². The minimum atomic E-state index is 0.522. The summed E-state index contributed by atoms with van der Waals surface area (Å²) in [6.45, 7) is 11.4. The molecule has 0 rings (SSSR count). The summed E-state index contributed by atoms with van der Waals surface area (Å²) in [6.07, 6.45) is 12.0. The molecule has 0 aromatic carbocycles. The van der Waals surface area contributed by atoms with E-state index in [4.69, 9.17) is 11.5 Å². The van der Waals surface area contributed by atoms with Crippen LogP contribution in [0.2, 0.25) is 0 Å². The van der Waals surface area contributed by atoms with Gasteiger partial charge in [-0.05, 0) is 24.5 Å². The maximum absolute atomic E-state index is 6.01. The molecule has 0 aliphatic rings. The smallest absolute Gasteiger partial charge is 0.0627 e. The van der Waals surface area contributed by atoms with Gasteiger partial charge in [0, 0.05) is 0 Å². The highest BCUT2D eigenvalue weighted by Gasteiger charge is 2.03. The Kier molecular flexibility index (Phi) is 7.27. The van der Waals surface area contributed by atoms with Gasteiger partial charge in [0.15, 0.2) is 0 Å². The minimum Gasteiger partial charge on any atom is -0.397 e. The fraction of sp³-hybridized carbons (Fsp3) is 0.200. The van der Waals surface area contributed by atoms with Crippen LogP contribution in [0.5, 0.6) is 0 Å². The zero-order valence-electron chi connectivity index (χ0n) is 10.7. The highest BCUT2D eigenvalue weighted by molar-refractivity contribution is 5.48. The largest absolute Gasteiger partial charge is 0.397 e. The third-order valence-electron chi connectivity index (χ3n) is 2.23. The van der Waals surface area contributed by atoms with Crippen LogP contribution in [-0.4, -0.2) is 0 Å². The number of allylic oxidation sites excluding steroid dienone is 8. The molecule has 0 saturated carbocycles. The standard InChI is InChI=1S/C15H22N2/c1-5-9-11-13(8-4)15(17)14(16)12(7-3)10-6-2/h6-11H,3-5,16-17H2,1-2H3/b10-6-,11-9-,14-12-,15-13-. The third kappa shape index (κ3) is 4.60. The summed E-state index contributed by atoms with van der Waals surface area (Å²) in [6, 6.07) is 0. The van der Waals surface area contributed by atoms with Crippen LogP contribution in [0.25, 0.3) is 0 Å². The van der Waals surface area contributed by atoms with E-state index >= 15 is 0 Å². The van der Waals surface area contributed by atoms with Crippen LogP contribution in [0, 0.1) is 0 Å². The van der Waals surface area contributed by atoms with E-state index in [2.05, 4.69) is 20.1 Å². The van der Waals surface area contributed by atoms with Crippen molar-refractivity contribution in [1.82, 2.24) is 0 Å². The highest BCUT2D eigenvalue weighted by Crippen LogP contribution is 2.13. The Morgan fingerprint density at radius 3 is 1.82 bits per heavy atom. The number of hydrogen-bond acceptors (Lipinski definition) is 2. The summed E-state index contributed by atoms with van der Waals surface area (Å²) < 4.78 is 0. The molecule has 2 nitrogen and oxygen atoms in total. The van der Waals surface area contributed by atoms with Gasteiger partial charge >= 0.3 is 0 Å². The summed E-state index contributed by atoms with van der Waals surface area (Å²) in [5.41, 5.74) is 14.7. The van der Waals surface area contributed by atoms with E-state index in [1.807, 2.05) is 31.2 Å². The van der Waals surface area contributed by atoms with Gasteiger partial charge in [-0.25, -0.2) is 0 Å². The molecule has 0 amide bonds. The van der Waals surface area contributed by atoms with Crippen molar-refractivity contribution in [2.75, 3.05) is 0 Å². The van der Waals surface area contributed by atoms with Crippen molar-refractivity contribution in [3.8, 4) is 0 Å². The number of rotatable bonds is 6. The van der Waals surface area contributed by atoms with Crippen molar-refractivity contribution in [3.63, 3.8) is 0 Å². The molecule has 92 valence electrons. The summed E-state index contributed by atoms with van der Waals surface area (Å²) in [5, 5.41) is 0. The average Bonchev–Trinajstić information content (AvgIpc) is 2.35. The van der Waals surface area contributed by atoms with Gasteiger partial charge in [0.2, 0.25) is 0 Å². The molecule has 2 heteroatoms. The van der Waals surface area contributed by atoms with Crippen LogP contribution in [-0.2, 0) is 0 Å². The Labute approximate surface area is 104 Å². The Morgan fingerprint density at radius 2 is 1.47 bits per heavy atom. The Hall–Kier alpha value is -1.96. The van der Waals surface area contributed by atoms with Crippen LogP contribution in [0.3, 0.4) is 0 Å². The van der Waals surface area contributed by atoms with Crippen molar-refractivity contribution < 1.29 is 0 Å². The fourth-order valence-corrected chi connectivity index (χ4v) is 1.27. The van der Waals surface area contributed by atoms with Crippen molar-refractivity contribution in [1.29, 1.82) is 0 Å². The summed E-state index contributed by atoms with van der Waals surface area (Å²) in [7, 11) is 0. The molecule has 0 aromatic rings. The maximum atomic E-state index is 6.01. The Morgan fingerprint density at radius 1 is 1.00 bits per heavy atom. The van der Waals surface area contributed by atoms with Crippen molar-refractivity contribution >= 4 is 0 Å². The molecule has 0 fully saturated rings. The average molecular weight is 230 g/mol. The highest BCUT2D eigenvalue weighted by atomic mass is 14.7. The van der Waals surface area contributed by atoms with Crippen LogP contribution < -0.4 is 11.5 Å². The van der Waals surface area contributed by atoms with Gasteiger partial charge in [-0.3, -0.25) is 0 Å². The van der Waals surface area contributed by atoms with Gasteiger partial charge < -0.3 is 11.5 Å². The number of nitrogens with two attached hydrogens (primary N) is 2. The van der Waals surface area contributed by atoms with Gasteiger partial charge in [-0.1, -0.05) is 56.5 Å². The van der Waals surface area contributed by atoms with Gasteiger partial charge in [0.05, 0.1) is 11.4 Å². The van der Waals surface area contributed by atoms with E-state index < -0.39 is 0 Å². The quantitative estimate of drug-likeness (QED) is 0.688. The second-order valence-corrected chi connectivity index (χ2v) is 3.46. The van der Waals surface area contributed by atoms with Gasteiger partial charge in [-0.2, -0.15) is 0 Å². The van der Waals surface area contributed by atoms with Crippen molar-refractivity contribution in [2.45, 2.75) is 20.3 Å². The third-order valence-corrected chi connectivity index (χ3v) is 2.23. The van der Waals surface area contributed by atoms with Gasteiger partial charge in [-0.15, -0.1) is 0 Å². The molecular weight excluding hydrogens is 208 g/mol. The lowest BCUT2D eigenvalue weighted by Crippen LogP contribution is -2.13. The molecule has 0 spiro atoms. The molecule has 4 N–H and O–H groups in total. The lowest BCUT2D eigenvalue weighted by molar-refractivity contribution is 1.18. The lowest BCUT2D eigenvalue weighted by Gasteiger charge is -2.08. The summed E-state index contributed by atoms with van der Waals surface area (Å²) in [5.74, 6) is 0. The topological polar surface area (TPSA) is 52.0 Å². The van der Waals surface area contributed by atoms with Crippen molar-refractivity contribution in [2.24, 2.45) is 11.5 Å². The van der Waals surface area contributed by atoms with E-state index in [0.29, 0.717) is 11.4 Å². The first-order chi connectivity index (χ1) is 8.12. The summed E-state index contributed by atoms with van der Waals surface area (Å²) >= 11 is 0. The van der Waals surface area contributed by atoms with E-state index in [-0.39, 0.29) is 0 Å². The molecule has 0 radical (unpaired) electrons. The monoisotopic (exact) mass is 230 g/mol. The Bertz CT molecular complexity index is 393. The first-order valence-electron chi connectivity index (χ1n) is 5.66. The molecule has 17 heavy (non-hydrogen) atoms. The zero-order valence-corrected chi connectivity index (χ0v) is 10.7. The molecular formula is C15H22N2. The normalized spacial score (nSPS) is 14.7. The van der Waals surface area contributed by atoms with Crippen LogP contribution in [0.1, 0.15) is 20.3 Å². The summed E-state index contributed by atoms with van der Waals surface area (Å²) in [4.78, 5) is 0.